The molecule has 1 saturated carbocycles. The van der Waals surface area contributed by atoms with E-state index >= 15 is 0 Å². The summed E-state index contributed by atoms with van der Waals surface area (Å²) < 4.78 is 3.71. The average molecular weight is 372 g/mol. The molecule has 0 aromatic carbocycles. The standard InChI is InChI=1S/C16H13N9.C2H3N/c17-5-10-3-12(4-10)24-8-11(6-20-24)16-15-1-2-19-25(15)9-14(21-16)13-7-18-23-22-13;1-2-3/h1-2,6-10,12H,3-4H2,(H,18,22,23);1H3. The van der Waals surface area contributed by atoms with Gasteiger partial charge in [-0.2, -0.15) is 36.1 Å². The van der Waals surface area contributed by atoms with Gasteiger partial charge in [0.05, 0.1) is 60.1 Å². The number of hydrogen-bond acceptors (Lipinski definition) is 7. The summed E-state index contributed by atoms with van der Waals surface area (Å²) in [6, 6.07) is 6.26. The molecule has 10 nitrogen and oxygen atoms in total. The van der Waals surface area contributed by atoms with E-state index in [1.807, 2.05) is 29.3 Å². The Hall–Kier alpha value is -4.05. The van der Waals surface area contributed by atoms with Crippen LogP contribution in [-0.4, -0.2) is 39.8 Å². The minimum absolute atomic E-state index is 0.146. The van der Waals surface area contributed by atoms with E-state index in [0.29, 0.717) is 11.4 Å². The van der Waals surface area contributed by atoms with Crippen LogP contribution in [0.5, 0.6) is 0 Å². The molecule has 1 aliphatic rings. The molecule has 0 saturated heterocycles. The Labute approximate surface area is 160 Å². The molecule has 0 aliphatic heterocycles. The molecule has 1 aliphatic carbocycles. The first-order chi connectivity index (χ1) is 13.7. The topological polar surface area (TPSA) is 137 Å². The number of fused-ring (bicyclic) bond motifs is 1. The number of rotatable bonds is 3. The molecule has 10 heteroatoms. The third-order valence-corrected chi connectivity index (χ3v) is 4.61. The molecule has 0 amide bonds. The highest BCUT2D eigenvalue weighted by Gasteiger charge is 2.31. The largest absolute Gasteiger partial charge is 0.269 e. The van der Waals surface area contributed by atoms with Crippen molar-refractivity contribution in [3.05, 3.63) is 37.1 Å². The normalized spacial score (nSPS) is 17.8. The van der Waals surface area contributed by atoms with Gasteiger partial charge >= 0.3 is 0 Å². The van der Waals surface area contributed by atoms with E-state index in [2.05, 4.69) is 31.7 Å². The van der Waals surface area contributed by atoms with Crippen LogP contribution in [-0.2, 0) is 0 Å². The number of hydrogen-bond donors (Lipinski definition) is 1. The maximum atomic E-state index is 8.94. The molecule has 0 atom stereocenters. The van der Waals surface area contributed by atoms with Crippen molar-refractivity contribution in [2.45, 2.75) is 25.8 Å². The third kappa shape index (κ3) is 3.08. The fourth-order valence-corrected chi connectivity index (χ4v) is 3.16. The highest BCUT2D eigenvalue weighted by atomic mass is 15.3. The van der Waals surface area contributed by atoms with Gasteiger partial charge in [-0.15, -0.1) is 0 Å². The van der Waals surface area contributed by atoms with E-state index in [-0.39, 0.29) is 12.0 Å². The second-order valence-corrected chi connectivity index (χ2v) is 6.37. The lowest BCUT2D eigenvalue weighted by Crippen LogP contribution is -2.25. The SMILES string of the molecule is CC#N.N#CC1CC(n2cc(-c3nc(-c4cn[nH]n4)cn4nccc34)cn2)C1. The van der Waals surface area contributed by atoms with Crippen LogP contribution in [0.25, 0.3) is 28.2 Å². The molecule has 5 rings (SSSR count). The van der Waals surface area contributed by atoms with Gasteiger partial charge in [0.15, 0.2) is 0 Å². The monoisotopic (exact) mass is 372 g/mol. The van der Waals surface area contributed by atoms with Crippen molar-refractivity contribution in [3.63, 3.8) is 0 Å². The van der Waals surface area contributed by atoms with Gasteiger partial charge in [-0.05, 0) is 18.9 Å². The van der Waals surface area contributed by atoms with Gasteiger partial charge in [-0.1, -0.05) is 0 Å². The molecular formula is C18H16N10. The number of nitrogens with one attached hydrogen (secondary N) is 1. The number of aromatic amines is 1. The molecule has 1 fully saturated rings. The number of aromatic nitrogens is 8. The predicted octanol–water partition coefficient (Wildman–Crippen LogP) is 2.38. The Morgan fingerprint density at radius 1 is 1.14 bits per heavy atom. The lowest BCUT2D eigenvalue weighted by atomic mass is 9.81. The zero-order valence-corrected chi connectivity index (χ0v) is 15.1. The molecule has 4 heterocycles. The third-order valence-electron chi connectivity index (χ3n) is 4.61. The summed E-state index contributed by atoms with van der Waals surface area (Å²) in [6.45, 7) is 1.43. The van der Waals surface area contributed by atoms with E-state index < -0.39 is 0 Å². The van der Waals surface area contributed by atoms with Crippen LogP contribution in [0.1, 0.15) is 25.8 Å². The summed E-state index contributed by atoms with van der Waals surface area (Å²) in [5.41, 5.74) is 3.94. The Morgan fingerprint density at radius 2 is 1.96 bits per heavy atom. The van der Waals surface area contributed by atoms with Crippen LogP contribution < -0.4 is 0 Å². The molecule has 4 aromatic rings. The van der Waals surface area contributed by atoms with Crippen molar-refractivity contribution in [2.75, 3.05) is 0 Å². The molecule has 138 valence electrons. The lowest BCUT2D eigenvalue weighted by Gasteiger charge is -2.30. The van der Waals surface area contributed by atoms with Gasteiger partial charge in [0, 0.05) is 18.7 Å². The minimum Gasteiger partial charge on any atom is -0.269 e. The lowest BCUT2D eigenvalue weighted by molar-refractivity contribution is 0.230. The molecule has 0 bridgehead atoms. The van der Waals surface area contributed by atoms with E-state index in [1.165, 1.54) is 6.92 Å². The van der Waals surface area contributed by atoms with Gasteiger partial charge < -0.3 is 0 Å². The highest BCUT2D eigenvalue weighted by molar-refractivity contribution is 5.77. The van der Waals surface area contributed by atoms with E-state index in [9.17, 15) is 0 Å². The van der Waals surface area contributed by atoms with Gasteiger partial charge in [-0.3, -0.25) is 4.68 Å². The first-order valence-electron chi connectivity index (χ1n) is 8.69. The van der Waals surface area contributed by atoms with Gasteiger partial charge in [0.2, 0.25) is 0 Å². The van der Waals surface area contributed by atoms with Gasteiger partial charge in [0.1, 0.15) is 11.4 Å². The van der Waals surface area contributed by atoms with E-state index in [4.69, 9.17) is 15.5 Å². The molecule has 28 heavy (non-hydrogen) atoms. The number of nitrogens with zero attached hydrogens (tertiary/aromatic N) is 9. The maximum absolute atomic E-state index is 8.94. The van der Waals surface area contributed by atoms with Crippen LogP contribution in [0, 0.1) is 28.6 Å². The fraction of sp³-hybridized carbons (Fsp3) is 0.278. The molecule has 0 radical (unpaired) electrons. The van der Waals surface area contributed by atoms with Crippen molar-refractivity contribution in [2.24, 2.45) is 5.92 Å². The minimum atomic E-state index is 0.146. The van der Waals surface area contributed by atoms with Crippen LogP contribution in [0.3, 0.4) is 0 Å². The molecule has 1 N–H and O–H groups in total. The van der Waals surface area contributed by atoms with Crippen LogP contribution in [0.2, 0.25) is 0 Å². The van der Waals surface area contributed by atoms with Crippen molar-refractivity contribution < 1.29 is 0 Å². The van der Waals surface area contributed by atoms with Crippen molar-refractivity contribution in [1.29, 1.82) is 10.5 Å². The smallest absolute Gasteiger partial charge is 0.132 e. The van der Waals surface area contributed by atoms with Crippen molar-refractivity contribution >= 4 is 5.52 Å². The first kappa shape index (κ1) is 17.4. The van der Waals surface area contributed by atoms with E-state index in [1.54, 1.807) is 23.0 Å². The van der Waals surface area contributed by atoms with Crippen LogP contribution in [0.15, 0.2) is 37.1 Å². The molecule has 4 aromatic heterocycles. The van der Waals surface area contributed by atoms with Crippen LogP contribution >= 0.6 is 0 Å². The average Bonchev–Trinajstić information content (AvgIpc) is 3.41. The Kier molecular flexibility index (Phi) is 4.52. The summed E-state index contributed by atoms with van der Waals surface area (Å²) in [5.74, 6) is 0.146. The summed E-state index contributed by atoms with van der Waals surface area (Å²) in [5, 5.41) is 35.6. The first-order valence-corrected chi connectivity index (χ1v) is 8.69. The molecule has 0 spiro atoms. The second-order valence-electron chi connectivity index (χ2n) is 6.37. The summed E-state index contributed by atoms with van der Waals surface area (Å²) in [7, 11) is 0. The van der Waals surface area contributed by atoms with Crippen molar-refractivity contribution in [3.8, 4) is 34.8 Å². The summed E-state index contributed by atoms with van der Waals surface area (Å²) in [4.78, 5) is 4.74. The molecular weight excluding hydrogens is 356 g/mol. The number of nitriles is 2. The van der Waals surface area contributed by atoms with Gasteiger partial charge in [-0.25, -0.2) is 9.50 Å². The van der Waals surface area contributed by atoms with E-state index in [0.717, 1.165) is 29.6 Å². The Morgan fingerprint density at radius 3 is 2.68 bits per heavy atom. The Bertz CT molecular complexity index is 1170. The second kappa shape index (κ2) is 7.29. The molecule has 0 unspecified atom stereocenters. The highest BCUT2D eigenvalue weighted by Crippen LogP contribution is 2.37. The number of H-pyrrole nitrogens is 1. The zero-order chi connectivity index (χ0) is 19.5. The van der Waals surface area contributed by atoms with Crippen molar-refractivity contribution in [1.82, 2.24) is 39.8 Å². The zero-order valence-electron chi connectivity index (χ0n) is 15.1. The maximum Gasteiger partial charge on any atom is 0.132 e. The van der Waals surface area contributed by atoms with Crippen LogP contribution in [0.4, 0.5) is 0 Å². The Balaban J connectivity index is 0.000000604. The summed E-state index contributed by atoms with van der Waals surface area (Å²) in [6.07, 6.45) is 10.7. The van der Waals surface area contributed by atoms with Gasteiger partial charge in [0.25, 0.3) is 0 Å². The fourth-order valence-electron chi connectivity index (χ4n) is 3.16. The quantitative estimate of drug-likeness (QED) is 0.582. The summed E-state index contributed by atoms with van der Waals surface area (Å²) >= 11 is 0. The predicted molar refractivity (Wildman–Crippen MR) is 98.2 cm³/mol.